The molecule has 0 radical (unpaired) electrons. The molecule has 1 aromatic carbocycles. The largest absolute Gasteiger partial charge is 0.467 e. The van der Waals surface area contributed by atoms with Crippen molar-refractivity contribution in [1.82, 2.24) is 0 Å². The Labute approximate surface area is 122 Å². The molecule has 2 aromatic rings. The van der Waals surface area contributed by atoms with Crippen molar-refractivity contribution in [2.24, 2.45) is 0 Å². The third kappa shape index (κ3) is 2.23. The Kier molecular flexibility index (Phi) is 3.27. The molecule has 0 bridgehead atoms. The standard InChI is InChI=1S/C14H10ClF3O3/c15-9-4-1-3-8-7-11(10-5-2-6-20-10)21-13(19,12(8)9)14(16,17)18/h1-6,11,19H,7H2. The van der Waals surface area contributed by atoms with E-state index >= 15 is 0 Å². The molecule has 0 amide bonds. The number of benzene rings is 1. The molecule has 2 unspecified atom stereocenters. The number of aliphatic hydroxyl groups is 1. The van der Waals surface area contributed by atoms with E-state index in [1.165, 1.54) is 30.5 Å². The van der Waals surface area contributed by atoms with Gasteiger partial charge in [0.05, 0.1) is 6.26 Å². The lowest BCUT2D eigenvalue weighted by Gasteiger charge is -2.39. The first-order chi connectivity index (χ1) is 9.83. The highest BCUT2D eigenvalue weighted by atomic mass is 35.5. The lowest BCUT2D eigenvalue weighted by molar-refractivity contribution is -0.394. The predicted octanol–water partition coefficient (Wildman–Crippen LogP) is 3.95. The lowest BCUT2D eigenvalue weighted by atomic mass is 9.90. The van der Waals surface area contributed by atoms with Gasteiger partial charge >= 0.3 is 6.18 Å². The van der Waals surface area contributed by atoms with E-state index in [2.05, 4.69) is 0 Å². The van der Waals surface area contributed by atoms with E-state index in [9.17, 15) is 18.3 Å². The fraction of sp³-hybridized carbons (Fsp3) is 0.286. The molecule has 1 aliphatic heterocycles. The predicted molar refractivity (Wildman–Crippen MR) is 67.6 cm³/mol. The number of alkyl halides is 3. The molecule has 0 aliphatic carbocycles. The van der Waals surface area contributed by atoms with Crippen molar-refractivity contribution in [1.29, 1.82) is 0 Å². The molecule has 3 rings (SSSR count). The summed E-state index contributed by atoms with van der Waals surface area (Å²) in [6.07, 6.45) is -4.61. The Balaban J connectivity index is 2.16. The van der Waals surface area contributed by atoms with Crippen LogP contribution in [0.2, 0.25) is 5.02 Å². The van der Waals surface area contributed by atoms with Crippen LogP contribution in [0, 0.1) is 0 Å². The van der Waals surface area contributed by atoms with Crippen LogP contribution in [-0.2, 0) is 16.9 Å². The van der Waals surface area contributed by atoms with Crippen molar-refractivity contribution in [2.75, 3.05) is 0 Å². The minimum atomic E-state index is -5.03. The first-order valence-electron chi connectivity index (χ1n) is 6.11. The quantitative estimate of drug-likeness (QED) is 0.865. The first kappa shape index (κ1) is 14.4. The molecule has 2 atom stereocenters. The van der Waals surface area contributed by atoms with Gasteiger partial charge in [0.2, 0.25) is 0 Å². The molecule has 1 N–H and O–H groups in total. The highest BCUT2D eigenvalue weighted by Crippen LogP contribution is 2.50. The number of fused-ring (bicyclic) bond motifs is 1. The topological polar surface area (TPSA) is 42.6 Å². The van der Waals surface area contributed by atoms with E-state index < -0.39 is 23.6 Å². The van der Waals surface area contributed by atoms with E-state index in [1.807, 2.05) is 0 Å². The molecule has 0 saturated carbocycles. The molecule has 0 fully saturated rings. The number of rotatable bonds is 1. The normalized spacial score (nSPS) is 25.7. The molecular weight excluding hydrogens is 309 g/mol. The van der Waals surface area contributed by atoms with Crippen LogP contribution < -0.4 is 0 Å². The van der Waals surface area contributed by atoms with E-state index in [1.54, 1.807) is 6.07 Å². The monoisotopic (exact) mass is 318 g/mol. The molecule has 1 aromatic heterocycles. The van der Waals surface area contributed by atoms with Gasteiger partial charge in [0.15, 0.2) is 0 Å². The second-order valence-corrected chi connectivity index (χ2v) is 5.15. The minimum Gasteiger partial charge on any atom is -0.467 e. The summed E-state index contributed by atoms with van der Waals surface area (Å²) in [5, 5.41) is 9.95. The van der Waals surface area contributed by atoms with Gasteiger partial charge in [-0.05, 0) is 23.8 Å². The van der Waals surface area contributed by atoms with Crippen molar-refractivity contribution in [3.05, 3.63) is 58.5 Å². The molecule has 3 nitrogen and oxygen atoms in total. The number of halogens is 4. The van der Waals surface area contributed by atoms with E-state index in [4.69, 9.17) is 20.8 Å². The third-order valence-electron chi connectivity index (χ3n) is 3.40. The first-order valence-corrected chi connectivity index (χ1v) is 6.49. The summed E-state index contributed by atoms with van der Waals surface area (Å²) in [4.78, 5) is 0. The van der Waals surface area contributed by atoms with Crippen LogP contribution in [-0.4, -0.2) is 11.3 Å². The Morgan fingerprint density at radius 3 is 2.62 bits per heavy atom. The highest BCUT2D eigenvalue weighted by molar-refractivity contribution is 6.31. The van der Waals surface area contributed by atoms with Crippen LogP contribution in [0.25, 0.3) is 0 Å². The summed E-state index contributed by atoms with van der Waals surface area (Å²) in [7, 11) is 0. The Hall–Kier alpha value is -1.50. The average molecular weight is 319 g/mol. The average Bonchev–Trinajstić information content (AvgIpc) is 2.90. The van der Waals surface area contributed by atoms with Crippen LogP contribution >= 0.6 is 11.6 Å². The van der Waals surface area contributed by atoms with Crippen LogP contribution in [0.15, 0.2) is 41.0 Å². The van der Waals surface area contributed by atoms with Crippen molar-refractivity contribution >= 4 is 11.6 Å². The second-order valence-electron chi connectivity index (χ2n) is 4.74. The number of hydrogen-bond donors (Lipinski definition) is 1. The van der Waals surface area contributed by atoms with Crippen LogP contribution in [0.3, 0.4) is 0 Å². The maximum absolute atomic E-state index is 13.3. The summed E-state index contributed by atoms with van der Waals surface area (Å²) in [5.41, 5.74) is -0.183. The van der Waals surface area contributed by atoms with E-state index in [0.717, 1.165) is 0 Å². The molecule has 2 heterocycles. The van der Waals surface area contributed by atoms with Crippen LogP contribution in [0.5, 0.6) is 0 Å². The van der Waals surface area contributed by atoms with E-state index in [0.29, 0.717) is 0 Å². The van der Waals surface area contributed by atoms with Crippen LogP contribution in [0.4, 0.5) is 13.2 Å². The van der Waals surface area contributed by atoms with Gasteiger partial charge in [-0.15, -0.1) is 0 Å². The van der Waals surface area contributed by atoms with Gasteiger partial charge in [0.1, 0.15) is 11.9 Å². The van der Waals surface area contributed by atoms with Crippen LogP contribution in [0.1, 0.15) is 23.0 Å². The van der Waals surface area contributed by atoms with Crippen molar-refractivity contribution < 1.29 is 27.4 Å². The zero-order chi connectivity index (χ0) is 15.3. The van der Waals surface area contributed by atoms with Crippen molar-refractivity contribution in [2.45, 2.75) is 24.5 Å². The summed E-state index contributed by atoms with van der Waals surface area (Å²) in [6, 6.07) is 7.34. The van der Waals surface area contributed by atoms with Gasteiger partial charge < -0.3 is 14.3 Å². The maximum Gasteiger partial charge on any atom is 0.448 e. The zero-order valence-corrected chi connectivity index (χ0v) is 11.3. The molecular formula is C14H10ClF3O3. The third-order valence-corrected chi connectivity index (χ3v) is 3.72. The number of hydrogen-bond acceptors (Lipinski definition) is 3. The summed E-state index contributed by atoms with van der Waals surface area (Å²) >= 11 is 5.84. The molecule has 21 heavy (non-hydrogen) atoms. The zero-order valence-electron chi connectivity index (χ0n) is 10.5. The molecule has 0 saturated heterocycles. The smallest absolute Gasteiger partial charge is 0.448 e. The minimum absolute atomic E-state index is 0.127. The maximum atomic E-state index is 13.3. The summed E-state index contributed by atoms with van der Waals surface area (Å²) in [5.74, 6) is -3.25. The fourth-order valence-corrected chi connectivity index (χ4v) is 2.79. The lowest BCUT2D eigenvalue weighted by Crippen LogP contribution is -2.49. The fourth-order valence-electron chi connectivity index (χ4n) is 2.47. The van der Waals surface area contributed by atoms with Gasteiger partial charge in [-0.2, -0.15) is 13.2 Å². The second kappa shape index (κ2) is 4.76. The molecule has 1 aliphatic rings. The van der Waals surface area contributed by atoms with Gasteiger partial charge in [-0.1, -0.05) is 23.7 Å². The Bertz CT molecular complexity index is 654. The van der Waals surface area contributed by atoms with E-state index in [-0.39, 0.29) is 22.8 Å². The summed E-state index contributed by atoms with van der Waals surface area (Å²) in [6.45, 7) is 0. The van der Waals surface area contributed by atoms with Gasteiger partial charge in [-0.25, -0.2) is 0 Å². The van der Waals surface area contributed by atoms with Gasteiger partial charge in [0, 0.05) is 17.0 Å². The Morgan fingerprint density at radius 1 is 1.24 bits per heavy atom. The molecule has 0 spiro atoms. The van der Waals surface area contributed by atoms with Gasteiger partial charge in [-0.3, -0.25) is 0 Å². The molecule has 112 valence electrons. The van der Waals surface area contributed by atoms with Gasteiger partial charge in [0.25, 0.3) is 5.79 Å². The number of ether oxygens (including phenoxy) is 1. The highest BCUT2D eigenvalue weighted by Gasteiger charge is 2.61. The number of furan rings is 1. The molecule has 7 heteroatoms. The SMILES string of the molecule is OC1(C(F)(F)F)OC(c2ccco2)Cc2cccc(Cl)c21. The Morgan fingerprint density at radius 2 is 2.00 bits per heavy atom. The van der Waals surface area contributed by atoms with Crippen molar-refractivity contribution in [3.63, 3.8) is 0 Å². The van der Waals surface area contributed by atoms with Crippen molar-refractivity contribution in [3.8, 4) is 0 Å². The summed E-state index contributed by atoms with van der Waals surface area (Å²) < 4.78 is 50.0.